The van der Waals surface area contributed by atoms with Crippen molar-refractivity contribution in [3.63, 3.8) is 0 Å². The molecule has 1 aromatic carbocycles. The number of nitrogens with one attached hydrogen (secondary N) is 1. The summed E-state index contributed by atoms with van der Waals surface area (Å²) in [5, 5.41) is 3.62. The number of rotatable bonds is 6. The van der Waals surface area contributed by atoms with Crippen molar-refractivity contribution in [2.24, 2.45) is 5.41 Å². The summed E-state index contributed by atoms with van der Waals surface area (Å²) in [5.41, 5.74) is 2.88. The predicted molar refractivity (Wildman–Crippen MR) is 90.1 cm³/mol. The molecular weight excluding hydrogens is 260 g/mol. The Morgan fingerprint density at radius 1 is 1.33 bits per heavy atom. The van der Waals surface area contributed by atoms with E-state index in [2.05, 4.69) is 62.3 Å². The summed E-state index contributed by atoms with van der Waals surface area (Å²) in [5.74, 6) is 0. The summed E-state index contributed by atoms with van der Waals surface area (Å²) < 4.78 is 5.82. The first-order chi connectivity index (χ1) is 10.0. The van der Waals surface area contributed by atoms with Crippen LogP contribution in [0, 0.1) is 12.3 Å². The van der Waals surface area contributed by atoms with E-state index >= 15 is 0 Å². The molecule has 0 saturated carbocycles. The summed E-state index contributed by atoms with van der Waals surface area (Å²) in [4.78, 5) is 2.39. The van der Waals surface area contributed by atoms with E-state index in [1.54, 1.807) is 0 Å². The van der Waals surface area contributed by atoms with Crippen molar-refractivity contribution in [3.05, 3.63) is 29.8 Å². The first-order valence-corrected chi connectivity index (χ1v) is 8.10. The van der Waals surface area contributed by atoms with Gasteiger partial charge >= 0.3 is 0 Å². The van der Waals surface area contributed by atoms with Gasteiger partial charge in [-0.3, -0.25) is 0 Å². The monoisotopic (exact) mass is 290 g/mol. The van der Waals surface area contributed by atoms with Crippen LogP contribution in [0.15, 0.2) is 24.3 Å². The largest absolute Gasteiger partial charge is 0.381 e. The van der Waals surface area contributed by atoms with Gasteiger partial charge in [0.25, 0.3) is 0 Å². The van der Waals surface area contributed by atoms with Crippen molar-refractivity contribution >= 4 is 5.69 Å². The highest BCUT2D eigenvalue weighted by Gasteiger charge is 2.34. The Bertz CT molecular complexity index is 439. The molecule has 2 rings (SSSR count). The van der Waals surface area contributed by atoms with Gasteiger partial charge in [-0.1, -0.05) is 32.0 Å². The molecule has 3 nitrogen and oxygen atoms in total. The maximum absolute atomic E-state index is 5.82. The lowest BCUT2D eigenvalue weighted by atomic mass is 9.81. The van der Waals surface area contributed by atoms with Crippen molar-refractivity contribution in [1.29, 1.82) is 0 Å². The lowest BCUT2D eigenvalue weighted by Gasteiger charge is -2.41. The zero-order valence-electron chi connectivity index (χ0n) is 14.0. The molecule has 118 valence electrons. The smallest absolute Gasteiger partial charge is 0.0551 e. The van der Waals surface area contributed by atoms with Crippen LogP contribution in [0.5, 0.6) is 0 Å². The van der Waals surface area contributed by atoms with Gasteiger partial charge in [-0.25, -0.2) is 0 Å². The molecule has 0 radical (unpaired) electrons. The van der Waals surface area contributed by atoms with E-state index in [1.807, 2.05) is 0 Å². The normalized spacial score (nSPS) is 22.5. The molecular formula is C18H30N2O. The molecule has 0 amide bonds. The van der Waals surface area contributed by atoms with Gasteiger partial charge in [0.15, 0.2) is 0 Å². The summed E-state index contributed by atoms with van der Waals surface area (Å²) in [6.07, 6.45) is 2.41. The zero-order chi connectivity index (χ0) is 15.3. The zero-order valence-corrected chi connectivity index (χ0v) is 14.0. The van der Waals surface area contributed by atoms with E-state index in [0.29, 0.717) is 6.04 Å². The minimum Gasteiger partial charge on any atom is -0.381 e. The number of aryl methyl sites for hydroxylation is 1. The van der Waals surface area contributed by atoms with Crippen molar-refractivity contribution in [2.75, 3.05) is 38.3 Å². The van der Waals surface area contributed by atoms with Crippen molar-refractivity contribution < 1.29 is 4.74 Å². The fourth-order valence-corrected chi connectivity index (χ4v) is 3.23. The number of hydrogen-bond acceptors (Lipinski definition) is 3. The molecule has 1 fully saturated rings. The number of benzene rings is 1. The van der Waals surface area contributed by atoms with Crippen LogP contribution in [0.25, 0.3) is 0 Å². The Morgan fingerprint density at radius 3 is 2.71 bits per heavy atom. The number of para-hydroxylation sites is 1. The maximum Gasteiger partial charge on any atom is 0.0551 e. The third-order valence-electron chi connectivity index (χ3n) is 4.39. The van der Waals surface area contributed by atoms with Gasteiger partial charge in [0.05, 0.1) is 6.61 Å². The number of hydrogen-bond donors (Lipinski definition) is 1. The Balaban J connectivity index is 2.09. The second-order valence-electron chi connectivity index (χ2n) is 6.83. The highest BCUT2D eigenvalue weighted by Crippen LogP contribution is 2.31. The summed E-state index contributed by atoms with van der Waals surface area (Å²) in [6.45, 7) is 10.5. The average Bonchev–Trinajstić information content (AvgIpc) is 2.46. The van der Waals surface area contributed by atoms with E-state index in [1.165, 1.54) is 24.1 Å². The molecule has 1 aliphatic heterocycles. The fraction of sp³-hybridized carbons (Fsp3) is 0.667. The molecule has 1 heterocycles. The van der Waals surface area contributed by atoms with E-state index in [4.69, 9.17) is 4.74 Å². The SMILES string of the molecule is Cc1ccccc1N(C)CC1(CNC(C)C)CCCOC1. The second kappa shape index (κ2) is 7.28. The third-order valence-corrected chi connectivity index (χ3v) is 4.39. The van der Waals surface area contributed by atoms with Crippen LogP contribution >= 0.6 is 0 Å². The van der Waals surface area contributed by atoms with Gasteiger partial charge in [-0.2, -0.15) is 0 Å². The van der Waals surface area contributed by atoms with E-state index in [-0.39, 0.29) is 5.41 Å². The quantitative estimate of drug-likeness (QED) is 0.870. The second-order valence-corrected chi connectivity index (χ2v) is 6.83. The molecule has 1 saturated heterocycles. The summed E-state index contributed by atoms with van der Waals surface area (Å²) >= 11 is 0. The molecule has 3 heteroatoms. The molecule has 21 heavy (non-hydrogen) atoms. The van der Waals surface area contributed by atoms with E-state index < -0.39 is 0 Å². The van der Waals surface area contributed by atoms with Gasteiger partial charge in [0, 0.05) is 43.9 Å². The molecule has 0 bridgehead atoms. The molecule has 1 aliphatic rings. The highest BCUT2D eigenvalue weighted by molar-refractivity contribution is 5.52. The fourth-order valence-electron chi connectivity index (χ4n) is 3.23. The Kier molecular flexibility index (Phi) is 5.65. The van der Waals surface area contributed by atoms with Gasteiger partial charge in [0.2, 0.25) is 0 Å². The van der Waals surface area contributed by atoms with Gasteiger partial charge in [-0.05, 0) is 31.4 Å². The van der Waals surface area contributed by atoms with Gasteiger partial charge < -0.3 is 15.0 Å². The van der Waals surface area contributed by atoms with Crippen LogP contribution < -0.4 is 10.2 Å². The van der Waals surface area contributed by atoms with Crippen LogP contribution in [0.4, 0.5) is 5.69 Å². The van der Waals surface area contributed by atoms with Crippen LogP contribution in [0.1, 0.15) is 32.3 Å². The van der Waals surface area contributed by atoms with Crippen molar-refractivity contribution in [2.45, 2.75) is 39.7 Å². The minimum atomic E-state index is 0.222. The number of nitrogens with zero attached hydrogens (tertiary/aromatic N) is 1. The lowest BCUT2D eigenvalue weighted by Crippen LogP contribution is -2.49. The van der Waals surface area contributed by atoms with Crippen LogP contribution in [-0.4, -0.2) is 39.4 Å². The molecule has 1 aromatic rings. The van der Waals surface area contributed by atoms with Crippen molar-refractivity contribution in [3.8, 4) is 0 Å². The van der Waals surface area contributed by atoms with E-state index in [9.17, 15) is 0 Å². The Morgan fingerprint density at radius 2 is 2.10 bits per heavy atom. The Labute approximate surface area is 129 Å². The van der Waals surface area contributed by atoms with Gasteiger partial charge in [-0.15, -0.1) is 0 Å². The molecule has 1 N–H and O–H groups in total. The molecule has 1 unspecified atom stereocenters. The highest BCUT2D eigenvalue weighted by atomic mass is 16.5. The first kappa shape index (κ1) is 16.3. The van der Waals surface area contributed by atoms with Crippen LogP contribution in [0.2, 0.25) is 0 Å². The maximum atomic E-state index is 5.82. The average molecular weight is 290 g/mol. The molecule has 0 aliphatic carbocycles. The first-order valence-electron chi connectivity index (χ1n) is 8.10. The predicted octanol–water partition coefficient (Wildman–Crippen LogP) is 3.23. The molecule has 0 spiro atoms. The Hall–Kier alpha value is -1.06. The molecule has 0 aromatic heterocycles. The lowest BCUT2D eigenvalue weighted by molar-refractivity contribution is -0.00359. The summed E-state index contributed by atoms with van der Waals surface area (Å²) in [7, 11) is 2.20. The van der Waals surface area contributed by atoms with E-state index in [0.717, 1.165) is 26.3 Å². The topological polar surface area (TPSA) is 24.5 Å². The van der Waals surface area contributed by atoms with Crippen LogP contribution in [-0.2, 0) is 4.74 Å². The molecule has 1 atom stereocenters. The van der Waals surface area contributed by atoms with Gasteiger partial charge in [0.1, 0.15) is 0 Å². The standard InChI is InChI=1S/C18H30N2O/c1-15(2)19-12-18(10-7-11-21-14-18)13-20(4)17-9-6-5-8-16(17)3/h5-6,8-9,15,19H,7,10-14H2,1-4H3. The summed E-state index contributed by atoms with van der Waals surface area (Å²) in [6, 6.07) is 9.14. The van der Waals surface area contributed by atoms with Crippen molar-refractivity contribution in [1.82, 2.24) is 5.32 Å². The number of anilines is 1. The minimum absolute atomic E-state index is 0.222. The van der Waals surface area contributed by atoms with Crippen LogP contribution in [0.3, 0.4) is 0 Å². The third kappa shape index (κ3) is 4.45. The number of ether oxygens (including phenoxy) is 1.